The molecule has 0 bridgehead atoms. The van der Waals surface area contributed by atoms with Crippen molar-refractivity contribution < 1.29 is 0 Å². The molecule has 4 nitrogen and oxygen atoms in total. The minimum Gasteiger partial charge on any atom is -0.312 e. The van der Waals surface area contributed by atoms with E-state index in [9.17, 15) is 0 Å². The highest BCUT2D eigenvalue weighted by Crippen LogP contribution is 2.19. The molecule has 1 N–H and O–H groups in total. The largest absolute Gasteiger partial charge is 0.312 e. The molecule has 0 aliphatic rings. The number of aromatic nitrogens is 3. The molecule has 0 aromatic carbocycles. The number of aryl methyl sites for hydroxylation is 1. The fourth-order valence-corrected chi connectivity index (χ4v) is 2.49. The molecule has 0 spiro atoms. The van der Waals surface area contributed by atoms with E-state index in [-0.39, 0.29) is 0 Å². The Hall–Kier alpha value is -0.900. The lowest BCUT2D eigenvalue weighted by Crippen LogP contribution is -2.20. The molecule has 0 aliphatic heterocycles. The summed E-state index contributed by atoms with van der Waals surface area (Å²) in [5, 5.41) is 11.6. The van der Waals surface area contributed by atoms with Gasteiger partial charge in [0.1, 0.15) is 0 Å². The molecule has 0 saturated heterocycles. The quantitative estimate of drug-likeness (QED) is 0.621. The van der Waals surface area contributed by atoms with Gasteiger partial charge in [-0.2, -0.15) is 0 Å². The topological polar surface area (TPSA) is 42.7 Å². The second-order valence-corrected chi connectivity index (χ2v) is 5.28. The van der Waals surface area contributed by atoms with E-state index in [1.807, 2.05) is 17.9 Å². The number of nitrogens with zero attached hydrogens (tertiary/aromatic N) is 3. The summed E-state index contributed by atoms with van der Waals surface area (Å²) in [6, 6.07) is 0.396. The maximum absolute atomic E-state index is 4.17. The van der Waals surface area contributed by atoms with Crippen LogP contribution < -0.4 is 5.32 Å². The third-order valence-corrected chi connectivity index (χ3v) is 3.63. The summed E-state index contributed by atoms with van der Waals surface area (Å²) < 4.78 is 2.04. The summed E-state index contributed by atoms with van der Waals surface area (Å²) in [7, 11) is 2.03. The fourth-order valence-electron chi connectivity index (χ4n) is 2.49. The van der Waals surface area contributed by atoms with Gasteiger partial charge in [0.15, 0.2) is 0 Å². The first kappa shape index (κ1) is 16.2. The van der Waals surface area contributed by atoms with Crippen LogP contribution in [0.25, 0.3) is 0 Å². The number of unbranched alkanes of at least 4 members (excludes halogenated alkanes) is 5. The summed E-state index contributed by atoms with van der Waals surface area (Å²) in [6.07, 6.45) is 12.3. The van der Waals surface area contributed by atoms with Crippen molar-refractivity contribution in [3.05, 3.63) is 11.9 Å². The van der Waals surface area contributed by atoms with E-state index in [1.165, 1.54) is 50.6 Å². The van der Waals surface area contributed by atoms with Gasteiger partial charge in [-0.25, -0.2) is 4.68 Å². The maximum atomic E-state index is 4.17. The van der Waals surface area contributed by atoms with Crippen LogP contribution in [-0.4, -0.2) is 22.0 Å². The average Bonchev–Trinajstić information content (AvgIpc) is 2.87. The van der Waals surface area contributed by atoms with Gasteiger partial charge < -0.3 is 5.32 Å². The molecule has 1 rings (SSSR count). The van der Waals surface area contributed by atoms with Crippen molar-refractivity contribution in [3.8, 4) is 0 Å². The predicted molar refractivity (Wildman–Crippen MR) is 80.1 cm³/mol. The van der Waals surface area contributed by atoms with Crippen LogP contribution in [0.3, 0.4) is 0 Å². The zero-order valence-corrected chi connectivity index (χ0v) is 12.9. The molecule has 110 valence electrons. The summed E-state index contributed by atoms with van der Waals surface area (Å²) >= 11 is 0. The molecule has 1 atom stereocenters. The van der Waals surface area contributed by atoms with E-state index in [2.05, 4.69) is 29.5 Å². The van der Waals surface area contributed by atoms with Gasteiger partial charge in [0.25, 0.3) is 0 Å². The highest BCUT2D eigenvalue weighted by atomic mass is 15.4. The van der Waals surface area contributed by atoms with Crippen LogP contribution >= 0.6 is 0 Å². The third-order valence-electron chi connectivity index (χ3n) is 3.63. The van der Waals surface area contributed by atoms with Crippen LogP contribution in [0, 0.1) is 0 Å². The van der Waals surface area contributed by atoms with Crippen LogP contribution in [-0.2, 0) is 6.54 Å². The van der Waals surface area contributed by atoms with Gasteiger partial charge in [0, 0.05) is 6.54 Å². The summed E-state index contributed by atoms with van der Waals surface area (Å²) in [5.74, 6) is 0. The monoisotopic (exact) mass is 266 g/mol. The molecule has 1 unspecified atom stereocenters. The third kappa shape index (κ3) is 5.72. The zero-order chi connectivity index (χ0) is 13.9. The second-order valence-electron chi connectivity index (χ2n) is 5.28. The standard InChI is InChI=1S/C15H30N4/c1-4-6-7-8-9-10-11-14(16-3)15-13-17-18-19(15)12-5-2/h13-14,16H,4-12H2,1-3H3. The fraction of sp³-hybridized carbons (Fsp3) is 0.867. The second kappa shape index (κ2) is 9.96. The molecule has 4 heteroatoms. The first-order chi connectivity index (χ1) is 9.33. The molecule has 0 amide bonds. The normalized spacial score (nSPS) is 12.8. The number of nitrogens with one attached hydrogen (secondary N) is 1. The Balaban J connectivity index is 2.34. The smallest absolute Gasteiger partial charge is 0.0756 e. The van der Waals surface area contributed by atoms with Crippen molar-refractivity contribution in [2.75, 3.05) is 7.05 Å². The first-order valence-corrected chi connectivity index (χ1v) is 7.89. The zero-order valence-electron chi connectivity index (χ0n) is 12.9. The molecular weight excluding hydrogens is 236 g/mol. The summed E-state index contributed by atoms with van der Waals surface area (Å²) in [4.78, 5) is 0. The molecule has 0 fully saturated rings. The Bertz CT molecular complexity index is 322. The molecular formula is C15H30N4. The average molecular weight is 266 g/mol. The molecule has 0 aliphatic carbocycles. The van der Waals surface area contributed by atoms with Gasteiger partial charge in [0.05, 0.1) is 17.9 Å². The van der Waals surface area contributed by atoms with Crippen molar-refractivity contribution in [3.63, 3.8) is 0 Å². The minimum atomic E-state index is 0.396. The predicted octanol–water partition coefficient (Wildman–Crippen LogP) is 3.70. The summed E-state index contributed by atoms with van der Waals surface area (Å²) in [6.45, 7) is 5.40. The van der Waals surface area contributed by atoms with Gasteiger partial charge in [-0.1, -0.05) is 57.6 Å². The van der Waals surface area contributed by atoms with E-state index < -0.39 is 0 Å². The summed E-state index contributed by atoms with van der Waals surface area (Å²) in [5.41, 5.74) is 1.23. The Morgan fingerprint density at radius 2 is 1.84 bits per heavy atom. The van der Waals surface area contributed by atoms with Crippen LogP contribution in [0.4, 0.5) is 0 Å². The van der Waals surface area contributed by atoms with Crippen molar-refractivity contribution in [1.29, 1.82) is 0 Å². The van der Waals surface area contributed by atoms with Crippen LogP contribution in [0.15, 0.2) is 6.20 Å². The van der Waals surface area contributed by atoms with Gasteiger partial charge in [-0.3, -0.25) is 0 Å². The highest BCUT2D eigenvalue weighted by molar-refractivity contribution is 5.01. The molecule has 1 aromatic rings. The lowest BCUT2D eigenvalue weighted by atomic mass is 10.0. The lowest BCUT2D eigenvalue weighted by molar-refractivity contribution is 0.451. The number of rotatable bonds is 11. The highest BCUT2D eigenvalue weighted by Gasteiger charge is 2.14. The van der Waals surface area contributed by atoms with E-state index >= 15 is 0 Å². The molecule has 1 heterocycles. The van der Waals surface area contributed by atoms with Gasteiger partial charge >= 0.3 is 0 Å². The van der Waals surface area contributed by atoms with Crippen molar-refractivity contribution in [2.45, 2.75) is 77.8 Å². The van der Waals surface area contributed by atoms with Crippen LogP contribution in [0.1, 0.15) is 76.9 Å². The molecule has 0 radical (unpaired) electrons. The molecule has 1 aromatic heterocycles. The Labute approximate surface area is 118 Å². The number of hydrogen-bond acceptors (Lipinski definition) is 3. The first-order valence-electron chi connectivity index (χ1n) is 7.89. The van der Waals surface area contributed by atoms with Crippen molar-refractivity contribution in [2.24, 2.45) is 0 Å². The Morgan fingerprint density at radius 1 is 1.11 bits per heavy atom. The molecule has 19 heavy (non-hydrogen) atoms. The number of hydrogen-bond donors (Lipinski definition) is 1. The van der Waals surface area contributed by atoms with Gasteiger partial charge in [-0.05, 0) is 19.9 Å². The van der Waals surface area contributed by atoms with Crippen LogP contribution in [0.5, 0.6) is 0 Å². The SMILES string of the molecule is CCCCCCCCC(NC)c1cnnn1CCC. The Kier molecular flexibility index (Phi) is 8.47. The van der Waals surface area contributed by atoms with Crippen molar-refractivity contribution in [1.82, 2.24) is 20.3 Å². The van der Waals surface area contributed by atoms with Gasteiger partial charge in [0.2, 0.25) is 0 Å². The van der Waals surface area contributed by atoms with Gasteiger partial charge in [-0.15, -0.1) is 5.10 Å². The van der Waals surface area contributed by atoms with E-state index in [0.29, 0.717) is 6.04 Å². The van der Waals surface area contributed by atoms with E-state index in [4.69, 9.17) is 0 Å². The Morgan fingerprint density at radius 3 is 2.53 bits per heavy atom. The molecule has 0 saturated carbocycles. The van der Waals surface area contributed by atoms with E-state index in [1.54, 1.807) is 0 Å². The van der Waals surface area contributed by atoms with Crippen LogP contribution in [0.2, 0.25) is 0 Å². The maximum Gasteiger partial charge on any atom is 0.0756 e. The minimum absolute atomic E-state index is 0.396. The van der Waals surface area contributed by atoms with E-state index in [0.717, 1.165) is 13.0 Å². The lowest BCUT2D eigenvalue weighted by Gasteiger charge is -2.16. The van der Waals surface area contributed by atoms with Crippen molar-refractivity contribution >= 4 is 0 Å².